The first-order valence-electron chi connectivity index (χ1n) is 5.62. The molecule has 7 heteroatoms. The Kier molecular flexibility index (Phi) is 5.08. The average Bonchev–Trinajstić information content (AvgIpc) is 2.72. The highest BCUT2D eigenvalue weighted by atomic mass is 32.1. The van der Waals surface area contributed by atoms with Crippen LogP contribution in [0.3, 0.4) is 0 Å². The quantitative estimate of drug-likeness (QED) is 0.695. The number of nitrogens with one attached hydrogen (secondary N) is 1. The zero-order valence-corrected chi connectivity index (χ0v) is 11.2. The first-order chi connectivity index (χ1) is 8.40. The molecule has 0 aliphatic heterocycles. The summed E-state index contributed by atoms with van der Waals surface area (Å²) in [5, 5.41) is 14.0. The number of hydrogen-bond donors (Lipinski definition) is 3. The number of carboxylic acids is 1. The van der Waals surface area contributed by atoms with Crippen molar-refractivity contribution >= 4 is 28.3 Å². The summed E-state index contributed by atoms with van der Waals surface area (Å²) in [7, 11) is 0. The van der Waals surface area contributed by atoms with Crippen LogP contribution >= 0.6 is 11.3 Å². The lowest BCUT2D eigenvalue weighted by molar-refractivity contribution is -0.141. The molecule has 6 nitrogen and oxygen atoms in total. The number of carbonyl (C=O) groups is 2. The highest BCUT2D eigenvalue weighted by molar-refractivity contribution is 7.13. The van der Waals surface area contributed by atoms with Gasteiger partial charge in [0.25, 0.3) is 5.91 Å². The van der Waals surface area contributed by atoms with Gasteiger partial charge in [0.05, 0.1) is 5.92 Å². The maximum absolute atomic E-state index is 11.0. The van der Waals surface area contributed by atoms with E-state index in [-0.39, 0.29) is 5.69 Å². The topological polar surface area (TPSA) is 105 Å². The van der Waals surface area contributed by atoms with Crippen LogP contribution in [0, 0.1) is 11.8 Å². The molecule has 0 aliphatic rings. The molecular formula is C11H17N3O3S. The highest BCUT2D eigenvalue weighted by Gasteiger charge is 2.19. The van der Waals surface area contributed by atoms with Crippen molar-refractivity contribution in [1.82, 2.24) is 4.98 Å². The molecular weight excluding hydrogens is 254 g/mol. The van der Waals surface area contributed by atoms with E-state index in [1.165, 1.54) is 11.3 Å². The number of thiazole rings is 1. The predicted octanol–water partition coefficient (Wildman–Crippen LogP) is 1.40. The van der Waals surface area contributed by atoms with Crippen LogP contribution in [0.4, 0.5) is 5.13 Å². The van der Waals surface area contributed by atoms with Crippen LogP contribution in [0.5, 0.6) is 0 Å². The lowest BCUT2D eigenvalue weighted by Crippen LogP contribution is -2.24. The molecule has 0 fully saturated rings. The van der Waals surface area contributed by atoms with Gasteiger partial charge >= 0.3 is 5.97 Å². The molecule has 0 saturated carbocycles. The van der Waals surface area contributed by atoms with Crippen LogP contribution in [-0.2, 0) is 4.79 Å². The third-order valence-electron chi connectivity index (χ3n) is 2.36. The number of carboxylic acid groups (broad SMARTS) is 1. The number of anilines is 1. The summed E-state index contributed by atoms with van der Waals surface area (Å²) < 4.78 is 0. The standard InChI is InChI=1S/C11H17N3O3S/c1-6(2)3-7(10(16)17)4-13-11-14-8(5-18-11)9(12)15/h5-7H,3-4H2,1-2H3,(H2,12,15)(H,13,14)(H,16,17). The molecule has 1 aromatic heterocycles. The number of aromatic nitrogens is 1. The van der Waals surface area contributed by atoms with Gasteiger partial charge < -0.3 is 16.2 Å². The van der Waals surface area contributed by atoms with Gasteiger partial charge in [-0.05, 0) is 12.3 Å². The summed E-state index contributed by atoms with van der Waals surface area (Å²) in [6.45, 7) is 4.24. The van der Waals surface area contributed by atoms with Crippen molar-refractivity contribution in [2.75, 3.05) is 11.9 Å². The van der Waals surface area contributed by atoms with E-state index in [9.17, 15) is 9.59 Å². The van der Waals surface area contributed by atoms with Gasteiger partial charge in [0.1, 0.15) is 5.69 Å². The van der Waals surface area contributed by atoms with Gasteiger partial charge in [-0.1, -0.05) is 13.8 Å². The Morgan fingerprint density at radius 1 is 1.56 bits per heavy atom. The Morgan fingerprint density at radius 3 is 2.67 bits per heavy atom. The van der Waals surface area contributed by atoms with Gasteiger partial charge in [0, 0.05) is 11.9 Å². The van der Waals surface area contributed by atoms with Crippen molar-refractivity contribution in [3.05, 3.63) is 11.1 Å². The maximum Gasteiger partial charge on any atom is 0.308 e. The van der Waals surface area contributed by atoms with Crippen LogP contribution in [0.2, 0.25) is 0 Å². The number of amides is 1. The minimum atomic E-state index is -0.831. The van der Waals surface area contributed by atoms with Crippen LogP contribution < -0.4 is 11.1 Å². The van der Waals surface area contributed by atoms with E-state index in [0.717, 1.165) is 0 Å². The first kappa shape index (κ1) is 14.4. The van der Waals surface area contributed by atoms with E-state index >= 15 is 0 Å². The number of nitrogens with zero attached hydrogens (tertiary/aromatic N) is 1. The molecule has 100 valence electrons. The van der Waals surface area contributed by atoms with Gasteiger partial charge in [-0.3, -0.25) is 9.59 Å². The second-order valence-corrected chi connectivity index (χ2v) is 5.31. The summed E-state index contributed by atoms with van der Waals surface area (Å²) in [6.07, 6.45) is 0.594. The van der Waals surface area contributed by atoms with E-state index in [1.54, 1.807) is 5.38 Å². The van der Waals surface area contributed by atoms with Crippen molar-refractivity contribution in [1.29, 1.82) is 0 Å². The summed E-state index contributed by atoms with van der Waals surface area (Å²) in [5.41, 5.74) is 5.27. The molecule has 0 aromatic carbocycles. The molecule has 0 bridgehead atoms. The van der Waals surface area contributed by atoms with Gasteiger partial charge in [0.2, 0.25) is 0 Å². The van der Waals surface area contributed by atoms with E-state index in [0.29, 0.717) is 24.0 Å². The van der Waals surface area contributed by atoms with Crippen molar-refractivity contribution in [3.63, 3.8) is 0 Å². The number of hydrogen-bond acceptors (Lipinski definition) is 5. The van der Waals surface area contributed by atoms with E-state index < -0.39 is 17.8 Å². The number of nitrogens with two attached hydrogens (primary N) is 1. The lowest BCUT2D eigenvalue weighted by Gasteiger charge is -2.14. The number of rotatable bonds is 7. The molecule has 1 rings (SSSR count). The molecule has 1 aromatic rings. The second-order valence-electron chi connectivity index (χ2n) is 4.45. The summed E-state index contributed by atoms with van der Waals surface area (Å²) in [4.78, 5) is 25.8. The second kappa shape index (κ2) is 6.34. The third-order valence-corrected chi connectivity index (χ3v) is 3.16. The fraction of sp³-hybridized carbons (Fsp3) is 0.545. The van der Waals surface area contributed by atoms with Crippen LogP contribution in [0.1, 0.15) is 30.8 Å². The fourth-order valence-corrected chi connectivity index (χ4v) is 2.23. The molecule has 1 amide bonds. The largest absolute Gasteiger partial charge is 0.481 e. The van der Waals surface area contributed by atoms with Crippen molar-refractivity contribution in [3.8, 4) is 0 Å². The Bertz CT molecular complexity index is 431. The van der Waals surface area contributed by atoms with Crippen LogP contribution in [0.25, 0.3) is 0 Å². The number of aliphatic carboxylic acids is 1. The van der Waals surface area contributed by atoms with Gasteiger partial charge in [-0.25, -0.2) is 4.98 Å². The van der Waals surface area contributed by atoms with Crippen molar-refractivity contribution in [2.45, 2.75) is 20.3 Å². The molecule has 1 unspecified atom stereocenters. The first-order valence-corrected chi connectivity index (χ1v) is 6.50. The molecule has 18 heavy (non-hydrogen) atoms. The Morgan fingerprint density at radius 2 is 2.22 bits per heavy atom. The minimum absolute atomic E-state index is 0.193. The lowest BCUT2D eigenvalue weighted by atomic mass is 9.97. The summed E-state index contributed by atoms with van der Waals surface area (Å²) in [6, 6.07) is 0. The van der Waals surface area contributed by atoms with Gasteiger partial charge in [-0.2, -0.15) is 0 Å². The molecule has 0 saturated heterocycles. The third kappa shape index (κ3) is 4.33. The SMILES string of the molecule is CC(C)CC(CNc1nc(C(N)=O)cs1)C(=O)O. The zero-order chi connectivity index (χ0) is 13.7. The van der Waals surface area contributed by atoms with E-state index in [2.05, 4.69) is 10.3 Å². The summed E-state index contributed by atoms with van der Waals surface area (Å²) in [5.74, 6) is -1.57. The highest BCUT2D eigenvalue weighted by Crippen LogP contribution is 2.17. The Hall–Kier alpha value is -1.63. The molecule has 0 aliphatic carbocycles. The fourth-order valence-electron chi connectivity index (χ4n) is 1.52. The molecule has 1 heterocycles. The minimum Gasteiger partial charge on any atom is -0.481 e. The van der Waals surface area contributed by atoms with E-state index in [1.807, 2.05) is 13.8 Å². The number of carbonyl (C=O) groups excluding carboxylic acids is 1. The molecule has 0 spiro atoms. The van der Waals surface area contributed by atoms with Gasteiger partial charge in [0.15, 0.2) is 5.13 Å². The summed E-state index contributed by atoms with van der Waals surface area (Å²) >= 11 is 1.23. The van der Waals surface area contributed by atoms with Crippen LogP contribution in [0.15, 0.2) is 5.38 Å². The number of primary amides is 1. The zero-order valence-electron chi connectivity index (χ0n) is 10.3. The molecule has 1 atom stereocenters. The maximum atomic E-state index is 11.0. The smallest absolute Gasteiger partial charge is 0.308 e. The predicted molar refractivity (Wildman–Crippen MR) is 69.7 cm³/mol. The van der Waals surface area contributed by atoms with Gasteiger partial charge in [-0.15, -0.1) is 11.3 Å². The Balaban J connectivity index is 2.55. The molecule has 4 N–H and O–H groups in total. The normalized spacial score (nSPS) is 12.4. The Labute approximate surface area is 109 Å². The average molecular weight is 271 g/mol. The van der Waals surface area contributed by atoms with Crippen molar-refractivity contribution in [2.24, 2.45) is 17.6 Å². The van der Waals surface area contributed by atoms with Crippen LogP contribution in [-0.4, -0.2) is 28.5 Å². The molecule has 0 radical (unpaired) electrons. The van der Waals surface area contributed by atoms with E-state index in [4.69, 9.17) is 10.8 Å². The monoisotopic (exact) mass is 271 g/mol. The van der Waals surface area contributed by atoms with Crippen molar-refractivity contribution < 1.29 is 14.7 Å².